The molecule has 1 aromatic heterocycles. The minimum atomic E-state index is 0.371. The molecular weight excluding hydrogens is 382 g/mol. The van der Waals surface area contributed by atoms with Gasteiger partial charge in [-0.1, -0.05) is 43.6 Å². The molecule has 7 heteroatoms. The summed E-state index contributed by atoms with van der Waals surface area (Å²) in [6.45, 7) is 7.10. The summed E-state index contributed by atoms with van der Waals surface area (Å²) in [6, 6.07) is 15.2. The number of nitrogens with zero attached hydrogens (tertiary/aromatic N) is 3. The van der Waals surface area contributed by atoms with Gasteiger partial charge in [0.2, 0.25) is 5.89 Å². The van der Waals surface area contributed by atoms with E-state index in [0.717, 1.165) is 30.0 Å². The third kappa shape index (κ3) is 4.97. The van der Waals surface area contributed by atoms with Gasteiger partial charge in [-0.3, -0.25) is 4.90 Å². The van der Waals surface area contributed by atoms with E-state index in [9.17, 15) is 0 Å². The molecule has 0 aliphatic rings. The minimum Gasteiger partial charge on any atom is -0.489 e. The fraction of sp³-hybridized carbons (Fsp3) is 0.300. The molecule has 1 heterocycles. The molecule has 0 aliphatic heterocycles. The Hall–Kier alpha value is -2.15. The molecule has 0 amide bonds. The van der Waals surface area contributed by atoms with Crippen molar-refractivity contribution in [3.8, 4) is 17.2 Å². The fourth-order valence-corrected chi connectivity index (χ4v) is 2.96. The van der Waals surface area contributed by atoms with E-state index in [4.69, 9.17) is 33.0 Å². The lowest BCUT2D eigenvalue weighted by Gasteiger charge is -2.16. The van der Waals surface area contributed by atoms with Gasteiger partial charge in [0.25, 0.3) is 4.84 Å². The third-order valence-corrected chi connectivity index (χ3v) is 4.95. The number of halogens is 1. The summed E-state index contributed by atoms with van der Waals surface area (Å²) < 4.78 is 13.2. The summed E-state index contributed by atoms with van der Waals surface area (Å²) in [5.41, 5.74) is 1.80. The zero-order valence-electron chi connectivity index (χ0n) is 15.4. The molecule has 0 unspecified atom stereocenters. The summed E-state index contributed by atoms with van der Waals surface area (Å²) in [6.07, 6.45) is 0. The molecule has 3 aromatic rings. The molecule has 0 spiro atoms. The first kappa shape index (κ1) is 19.6. The van der Waals surface area contributed by atoms with Crippen molar-refractivity contribution < 1.29 is 9.15 Å². The molecule has 0 fully saturated rings. The van der Waals surface area contributed by atoms with E-state index in [2.05, 4.69) is 23.8 Å². The molecule has 0 radical (unpaired) electrons. The molecule has 0 saturated carbocycles. The maximum atomic E-state index is 6.15. The quantitative estimate of drug-likeness (QED) is 0.471. The zero-order valence-corrected chi connectivity index (χ0v) is 17.0. The van der Waals surface area contributed by atoms with Crippen LogP contribution >= 0.6 is 23.8 Å². The van der Waals surface area contributed by atoms with Crippen LogP contribution in [0.5, 0.6) is 5.75 Å². The Labute approximate surface area is 169 Å². The molecule has 142 valence electrons. The number of benzene rings is 2. The van der Waals surface area contributed by atoms with Crippen LogP contribution in [0, 0.1) is 4.84 Å². The molecule has 0 atom stereocenters. The maximum Gasteiger partial charge on any atom is 0.288 e. The van der Waals surface area contributed by atoms with Gasteiger partial charge in [-0.25, -0.2) is 4.68 Å². The highest BCUT2D eigenvalue weighted by Gasteiger charge is 2.10. The van der Waals surface area contributed by atoms with E-state index in [1.165, 1.54) is 0 Å². The summed E-state index contributed by atoms with van der Waals surface area (Å²) in [5.74, 6) is 1.25. The monoisotopic (exact) mass is 403 g/mol. The average Bonchev–Trinajstić information content (AvgIpc) is 3.06. The number of ether oxygens (including phenoxy) is 1. The van der Waals surface area contributed by atoms with Crippen LogP contribution in [0.25, 0.3) is 11.5 Å². The van der Waals surface area contributed by atoms with Gasteiger partial charge in [-0.15, -0.1) is 5.10 Å². The molecule has 5 nitrogen and oxygen atoms in total. The van der Waals surface area contributed by atoms with Crippen LogP contribution in [0.4, 0.5) is 0 Å². The molecule has 27 heavy (non-hydrogen) atoms. The van der Waals surface area contributed by atoms with Gasteiger partial charge < -0.3 is 9.15 Å². The standard InChI is InChI=1S/C20H22ClN3O2S/c1-3-23(4-2)14-24-20(27)26-19(22-24)15-9-11-17(12-10-15)25-13-16-7-5-6-8-18(16)21/h5-12H,3-4,13-14H2,1-2H3. The van der Waals surface area contributed by atoms with E-state index < -0.39 is 0 Å². The number of rotatable bonds is 8. The Morgan fingerprint density at radius 1 is 1.11 bits per heavy atom. The lowest BCUT2D eigenvalue weighted by atomic mass is 10.2. The highest BCUT2D eigenvalue weighted by molar-refractivity contribution is 7.71. The number of hydrogen-bond donors (Lipinski definition) is 0. The van der Waals surface area contributed by atoms with Crippen molar-refractivity contribution in [2.24, 2.45) is 0 Å². The maximum absolute atomic E-state index is 6.15. The van der Waals surface area contributed by atoms with Gasteiger partial charge in [0.15, 0.2) is 0 Å². The van der Waals surface area contributed by atoms with Gasteiger partial charge in [0.1, 0.15) is 12.4 Å². The van der Waals surface area contributed by atoms with Gasteiger partial charge in [0.05, 0.1) is 6.67 Å². The van der Waals surface area contributed by atoms with E-state index in [1.807, 2.05) is 48.5 Å². The van der Waals surface area contributed by atoms with E-state index in [-0.39, 0.29) is 0 Å². The summed E-state index contributed by atoms with van der Waals surface area (Å²) >= 11 is 11.4. The van der Waals surface area contributed by atoms with E-state index >= 15 is 0 Å². The van der Waals surface area contributed by atoms with Crippen LogP contribution in [0.2, 0.25) is 5.02 Å². The third-order valence-electron chi connectivity index (χ3n) is 4.29. The Morgan fingerprint density at radius 2 is 1.81 bits per heavy atom. The van der Waals surface area contributed by atoms with E-state index in [0.29, 0.717) is 29.0 Å². The Balaban J connectivity index is 1.68. The van der Waals surface area contributed by atoms with E-state index in [1.54, 1.807) is 4.68 Å². The van der Waals surface area contributed by atoms with Gasteiger partial charge >= 0.3 is 0 Å². The zero-order chi connectivity index (χ0) is 19.2. The van der Waals surface area contributed by atoms with Crippen molar-refractivity contribution in [2.45, 2.75) is 27.1 Å². The molecule has 0 bridgehead atoms. The molecule has 0 aliphatic carbocycles. The highest BCUT2D eigenvalue weighted by atomic mass is 35.5. The van der Waals surface area contributed by atoms with Crippen LogP contribution in [0.3, 0.4) is 0 Å². The topological polar surface area (TPSA) is 43.4 Å². The van der Waals surface area contributed by atoms with Gasteiger partial charge in [-0.2, -0.15) is 0 Å². The van der Waals surface area contributed by atoms with Crippen LogP contribution < -0.4 is 4.74 Å². The first-order valence-electron chi connectivity index (χ1n) is 8.87. The normalized spacial score (nSPS) is 11.1. The molecular formula is C20H22ClN3O2S. The highest BCUT2D eigenvalue weighted by Crippen LogP contribution is 2.23. The SMILES string of the molecule is CCN(CC)Cn1nc(-c2ccc(OCc3ccccc3Cl)cc2)oc1=S. The first-order chi connectivity index (χ1) is 13.1. The summed E-state index contributed by atoms with van der Waals surface area (Å²) in [4.78, 5) is 2.59. The molecule has 2 aromatic carbocycles. The Bertz CT molecular complexity index is 933. The van der Waals surface area contributed by atoms with Crippen molar-refractivity contribution in [3.05, 3.63) is 64.0 Å². The lowest BCUT2D eigenvalue weighted by Crippen LogP contribution is -2.26. The predicted molar refractivity (Wildman–Crippen MR) is 109 cm³/mol. The number of aromatic nitrogens is 2. The summed E-state index contributed by atoms with van der Waals surface area (Å²) in [7, 11) is 0. The van der Waals surface area contributed by atoms with Gasteiger partial charge in [0, 0.05) is 16.1 Å². The van der Waals surface area contributed by atoms with Crippen molar-refractivity contribution in [2.75, 3.05) is 13.1 Å². The largest absolute Gasteiger partial charge is 0.489 e. The van der Waals surface area contributed by atoms with Crippen molar-refractivity contribution in [1.82, 2.24) is 14.7 Å². The Kier molecular flexibility index (Phi) is 6.66. The summed E-state index contributed by atoms with van der Waals surface area (Å²) in [5, 5.41) is 5.20. The molecule has 0 saturated heterocycles. The smallest absolute Gasteiger partial charge is 0.288 e. The Morgan fingerprint density at radius 3 is 2.48 bits per heavy atom. The predicted octanol–water partition coefficient (Wildman–Crippen LogP) is 5.40. The minimum absolute atomic E-state index is 0.371. The number of hydrogen-bond acceptors (Lipinski definition) is 5. The van der Waals surface area contributed by atoms with Crippen molar-refractivity contribution in [3.63, 3.8) is 0 Å². The van der Waals surface area contributed by atoms with Crippen LogP contribution in [0.1, 0.15) is 19.4 Å². The first-order valence-corrected chi connectivity index (χ1v) is 9.66. The van der Waals surface area contributed by atoms with Gasteiger partial charge in [-0.05, 0) is 55.6 Å². The molecule has 0 N–H and O–H groups in total. The van der Waals surface area contributed by atoms with Crippen molar-refractivity contribution >= 4 is 23.8 Å². The molecule has 3 rings (SSSR count). The second-order valence-electron chi connectivity index (χ2n) is 6.02. The average molecular weight is 404 g/mol. The second-order valence-corrected chi connectivity index (χ2v) is 6.78. The lowest BCUT2D eigenvalue weighted by molar-refractivity contribution is 0.224. The van der Waals surface area contributed by atoms with Crippen molar-refractivity contribution in [1.29, 1.82) is 0 Å². The van der Waals surface area contributed by atoms with Crippen LogP contribution in [0.15, 0.2) is 52.9 Å². The second kappa shape index (κ2) is 9.17. The van der Waals surface area contributed by atoms with Crippen LogP contribution in [-0.4, -0.2) is 27.8 Å². The van der Waals surface area contributed by atoms with Crippen LogP contribution in [-0.2, 0) is 13.3 Å². The fourth-order valence-electron chi connectivity index (χ4n) is 2.60.